The first-order chi connectivity index (χ1) is 9.46. The zero-order valence-corrected chi connectivity index (χ0v) is 14.2. The Bertz CT molecular complexity index is 577. The van der Waals surface area contributed by atoms with Crippen LogP contribution in [-0.2, 0) is 10.0 Å². The molecule has 0 aromatic carbocycles. The Morgan fingerprint density at radius 3 is 2.85 bits per heavy atom. The number of rotatable bonds is 3. The van der Waals surface area contributed by atoms with E-state index in [0.717, 1.165) is 25.7 Å². The fraction of sp³-hybridized carbons (Fsp3) is 0.615. The molecule has 0 amide bonds. The van der Waals surface area contributed by atoms with E-state index >= 15 is 0 Å². The van der Waals surface area contributed by atoms with Crippen molar-refractivity contribution in [2.75, 3.05) is 18.9 Å². The third kappa shape index (κ3) is 3.15. The summed E-state index contributed by atoms with van der Waals surface area (Å²) in [4.78, 5) is 4.38. The zero-order valence-electron chi connectivity index (χ0n) is 11.8. The quantitative estimate of drug-likeness (QED) is 0.898. The summed E-state index contributed by atoms with van der Waals surface area (Å²) in [6.45, 7) is 2.56. The van der Waals surface area contributed by atoms with Gasteiger partial charge < -0.3 is 5.32 Å². The molecular weight excluding hydrogens is 342 g/mol. The molecule has 1 atom stereocenters. The van der Waals surface area contributed by atoms with Gasteiger partial charge in [0, 0.05) is 30.3 Å². The van der Waals surface area contributed by atoms with Crippen LogP contribution in [0.4, 0.5) is 5.82 Å². The second-order valence-corrected chi connectivity index (χ2v) is 7.84. The smallest absolute Gasteiger partial charge is 0.247 e. The van der Waals surface area contributed by atoms with Crippen molar-refractivity contribution in [3.63, 3.8) is 0 Å². The predicted octanol–water partition coefficient (Wildman–Crippen LogP) is 2.84. The summed E-state index contributed by atoms with van der Waals surface area (Å²) in [6, 6.07) is 1.65. The molecule has 1 unspecified atom stereocenters. The van der Waals surface area contributed by atoms with E-state index in [2.05, 4.69) is 26.2 Å². The Labute approximate surface area is 129 Å². The molecule has 0 bridgehead atoms. The highest BCUT2D eigenvalue weighted by atomic mass is 79.9. The van der Waals surface area contributed by atoms with Crippen molar-refractivity contribution in [2.45, 2.75) is 43.5 Å². The van der Waals surface area contributed by atoms with Gasteiger partial charge in [-0.2, -0.15) is 4.31 Å². The maximum Gasteiger partial charge on any atom is 0.247 e. The monoisotopic (exact) mass is 361 g/mol. The van der Waals surface area contributed by atoms with Gasteiger partial charge in [-0.25, -0.2) is 13.4 Å². The van der Waals surface area contributed by atoms with Gasteiger partial charge in [0.25, 0.3) is 0 Å². The lowest BCUT2D eigenvalue weighted by molar-refractivity contribution is 0.342. The number of halogens is 1. The molecule has 0 spiro atoms. The molecule has 1 fully saturated rings. The predicted molar refractivity (Wildman–Crippen MR) is 83.3 cm³/mol. The standard InChI is InChI=1S/C13H20BrN3O2S/c1-10-6-4-3-5-7-17(10)20(18,19)12-8-11(14)9-16-13(12)15-2/h8-10H,3-7H2,1-2H3,(H,15,16). The molecule has 1 saturated heterocycles. The minimum atomic E-state index is -3.52. The van der Waals surface area contributed by atoms with Crippen molar-refractivity contribution >= 4 is 31.8 Å². The van der Waals surface area contributed by atoms with Gasteiger partial charge in [0.05, 0.1) is 0 Å². The van der Waals surface area contributed by atoms with E-state index in [1.807, 2.05) is 6.92 Å². The molecule has 7 heteroatoms. The highest BCUT2D eigenvalue weighted by molar-refractivity contribution is 9.10. The molecule has 1 aliphatic rings. The molecule has 2 heterocycles. The third-order valence-electron chi connectivity index (χ3n) is 3.63. The molecular formula is C13H20BrN3O2S. The van der Waals surface area contributed by atoms with Crippen molar-refractivity contribution in [1.29, 1.82) is 0 Å². The lowest BCUT2D eigenvalue weighted by atomic mass is 10.1. The summed E-state index contributed by atoms with van der Waals surface area (Å²) in [7, 11) is -1.84. The average Bonchev–Trinajstić information content (AvgIpc) is 2.63. The molecule has 112 valence electrons. The number of anilines is 1. The van der Waals surface area contributed by atoms with Crippen molar-refractivity contribution in [3.05, 3.63) is 16.7 Å². The molecule has 1 aliphatic heterocycles. The molecule has 20 heavy (non-hydrogen) atoms. The highest BCUT2D eigenvalue weighted by Gasteiger charge is 2.32. The number of sulfonamides is 1. The van der Waals surface area contributed by atoms with Gasteiger partial charge in [0.1, 0.15) is 10.7 Å². The largest absolute Gasteiger partial charge is 0.372 e. The molecule has 0 saturated carbocycles. The lowest BCUT2D eigenvalue weighted by Gasteiger charge is -2.27. The molecule has 0 aliphatic carbocycles. The zero-order chi connectivity index (χ0) is 14.8. The molecule has 1 N–H and O–H groups in total. The normalized spacial score (nSPS) is 21.4. The molecule has 0 radical (unpaired) electrons. The first-order valence-corrected chi connectivity index (χ1v) is 9.05. The Kier molecular flexibility index (Phi) is 5.04. The van der Waals surface area contributed by atoms with E-state index in [9.17, 15) is 8.42 Å². The van der Waals surface area contributed by atoms with Gasteiger partial charge in [-0.1, -0.05) is 12.8 Å². The average molecular weight is 362 g/mol. The van der Waals surface area contributed by atoms with Crippen LogP contribution in [0.25, 0.3) is 0 Å². The van der Waals surface area contributed by atoms with Crippen LogP contribution in [0.15, 0.2) is 21.6 Å². The van der Waals surface area contributed by atoms with Crippen LogP contribution in [0.5, 0.6) is 0 Å². The van der Waals surface area contributed by atoms with Gasteiger partial charge in [-0.15, -0.1) is 0 Å². The second-order valence-electron chi connectivity index (χ2n) is 5.06. The topological polar surface area (TPSA) is 62.3 Å². The van der Waals surface area contributed by atoms with Crippen LogP contribution < -0.4 is 5.32 Å². The first-order valence-electron chi connectivity index (χ1n) is 6.82. The minimum Gasteiger partial charge on any atom is -0.372 e. The third-order valence-corrected chi connectivity index (χ3v) is 6.10. The van der Waals surface area contributed by atoms with Gasteiger partial charge in [0.15, 0.2) is 0 Å². The fourth-order valence-electron chi connectivity index (χ4n) is 2.54. The van der Waals surface area contributed by atoms with Crippen LogP contribution in [-0.4, -0.2) is 37.3 Å². The summed E-state index contributed by atoms with van der Waals surface area (Å²) < 4.78 is 28.1. The van der Waals surface area contributed by atoms with Gasteiger partial charge in [0.2, 0.25) is 10.0 Å². The Balaban J connectivity index is 2.45. The number of hydrogen-bond donors (Lipinski definition) is 1. The molecule has 2 rings (SSSR count). The van der Waals surface area contributed by atoms with Crippen LogP contribution in [0, 0.1) is 0 Å². The second kappa shape index (κ2) is 6.41. The van der Waals surface area contributed by atoms with Crippen molar-refractivity contribution in [2.24, 2.45) is 0 Å². The SMILES string of the molecule is CNc1ncc(Br)cc1S(=O)(=O)N1CCCCCC1C. The molecule has 1 aromatic rings. The van der Waals surface area contributed by atoms with E-state index in [0.29, 0.717) is 16.8 Å². The summed E-state index contributed by atoms with van der Waals surface area (Å²) in [5.41, 5.74) is 0. The lowest BCUT2D eigenvalue weighted by Crippen LogP contribution is -2.38. The van der Waals surface area contributed by atoms with Crippen LogP contribution >= 0.6 is 15.9 Å². The number of hydrogen-bond acceptors (Lipinski definition) is 4. The van der Waals surface area contributed by atoms with E-state index in [1.54, 1.807) is 23.6 Å². The van der Waals surface area contributed by atoms with E-state index < -0.39 is 10.0 Å². The number of aromatic nitrogens is 1. The molecule has 5 nitrogen and oxygen atoms in total. The summed E-state index contributed by atoms with van der Waals surface area (Å²) >= 11 is 3.30. The van der Waals surface area contributed by atoms with Gasteiger partial charge in [-0.05, 0) is 41.8 Å². The van der Waals surface area contributed by atoms with Crippen LogP contribution in [0.3, 0.4) is 0 Å². The van der Waals surface area contributed by atoms with E-state index in [1.165, 1.54) is 0 Å². The van der Waals surface area contributed by atoms with Crippen molar-refractivity contribution < 1.29 is 8.42 Å². The maximum absolute atomic E-state index is 12.9. The number of pyridine rings is 1. The van der Waals surface area contributed by atoms with Crippen molar-refractivity contribution in [3.8, 4) is 0 Å². The molecule has 1 aromatic heterocycles. The van der Waals surface area contributed by atoms with Crippen molar-refractivity contribution in [1.82, 2.24) is 9.29 Å². The number of nitrogens with zero attached hydrogens (tertiary/aromatic N) is 2. The maximum atomic E-state index is 12.9. The summed E-state index contributed by atoms with van der Waals surface area (Å²) in [6.07, 6.45) is 5.60. The fourth-order valence-corrected chi connectivity index (χ4v) is 4.90. The highest BCUT2D eigenvalue weighted by Crippen LogP contribution is 2.29. The Hall–Kier alpha value is -0.660. The Morgan fingerprint density at radius 2 is 2.15 bits per heavy atom. The van der Waals surface area contributed by atoms with E-state index in [-0.39, 0.29) is 10.9 Å². The number of nitrogens with one attached hydrogen (secondary N) is 1. The van der Waals surface area contributed by atoms with Gasteiger partial charge in [-0.3, -0.25) is 0 Å². The summed E-state index contributed by atoms with van der Waals surface area (Å²) in [5, 5.41) is 2.86. The first kappa shape index (κ1) is 15.7. The van der Waals surface area contributed by atoms with Crippen LogP contribution in [0.1, 0.15) is 32.6 Å². The Morgan fingerprint density at radius 1 is 1.40 bits per heavy atom. The van der Waals surface area contributed by atoms with Gasteiger partial charge >= 0.3 is 0 Å². The van der Waals surface area contributed by atoms with Crippen LogP contribution in [0.2, 0.25) is 0 Å². The van der Waals surface area contributed by atoms with E-state index in [4.69, 9.17) is 0 Å². The summed E-state index contributed by atoms with van der Waals surface area (Å²) in [5.74, 6) is 0.393. The minimum absolute atomic E-state index is 0.0335.